The number of pyridine rings is 1. The highest BCUT2D eigenvalue weighted by Crippen LogP contribution is 2.21. The first-order valence-corrected chi connectivity index (χ1v) is 6.17. The summed E-state index contributed by atoms with van der Waals surface area (Å²) >= 11 is 0. The maximum Gasteiger partial charge on any atom is 0.230 e. The molecule has 0 aliphatic carbocycles. The molecule has 6 nitrogen and oxygen atoms in total. The van der Waals surface area contributed by atoms with Gasteiger partial charge in [-0.05, 0) is 12.1 Å². The van der Waals surface area contributed by atoms with Gasteiger partial charge in [0.2, 0.25) is 11.9 Å². The van der Waals surface area contributed by atoms with Gasteiger partial charge in [0.15, 0.2) is 5.82 Å². The van der Waals surface area contributed by atoms with Crippen LogP contribution < -0.4 is 10.6 Å². The van der Waals surface area contributed by atoms with E-state index in [1.807, 2.05) is 44.4 Å². The van der Waals surface area contributed by atoms with Crippen LogP contribution in [0.3, 0.4) is 0 Å². The Morgan fingerprint density at radius 1 is 1.05 bits per heavy atom. The quantitative estimate of drug-likeness (QED) is 0.761. The first-order chi connectivity index (χ1) is 9.63. The summed E-state index contributed by atoms with van der Waals surface area (Å²) in [5.41, 5.74) is 7.49. The van der Waals surface area contributed by atoms with Gasteiger partial charge < -0.3 is 10.6 Å². The number of nitrogen functional groups attached to an aromatic ring is 1. The lowest BCUT2D eigenvalue weighted by Crippen LogP contribution is -2.15. The van der Waals surface area contributed by atoms with E-state index in [9.17, 15) is 0 Å². The molecule has 100 valence electrons. The van der Waals surface area contributed by atoms with E-state index in [1.54, 1.807) is 11.1 Å². The first kappa shape index (κ1) is 12.3. The number of aromatic nitrogens is 4. The minimum Gasteiger partial charge on any atom is -0.368 e. The van der Waals surface area contributed by atoms with E-state index >= 15 is 0 Å². The molecule has 3 aromatic rings. The summed E-state index contributed by atoms with van der Waals surface area (Å²) in [4.78, 5) is 18.9. The van der Waals surface area contributed by atoms with E-state index in [0.29, 0.717) is 11.8 Å². The molecule has 0 aliphatic rings. The SMILES string of the molecule is CN(C)c1nc(N)nc(-c2cnc3ccccc3c2)n1. The van der Waals surface area contributed by atoms with Crippen LogP contribution in [0.25, 0.3) is 22.3 Å². The fraction of sp³-hybridized carbons (Fsp3) is 0.143. The highest BCUT2D eigenvalue weighted by molar-refractivity contribution is 5.82. The number of benzene rings is 1. The monoisotopic (exact) mass is 266 g/mol. The Kier molecular flexibility index (Phi) is 2.90. The Labute approximate surface area is 116 Å². The van der Waals surface area contributed by atoms with E-state index in [0.717, 1.165) is 16.5 Å². The summed E-state index contributed by atoms with van der Waals surface area (Å²) in [7, 11) is 3.72. The molecule has 0 unspecified atom stereocenters. The summed E-state index contributed by atoms with van der Waals surface area (Å²) in [6.07, 6.45) is 1.75. The Bertz CT molecular complexity index is 768. The molecular weight excluding hydrogens is 252 g/mol. The summed E-state index contributed by atoms with van der Waals surface area (Å²) in [6, 6.07) is 9.90. The van der Waals surface area contributed by atoms with Crippen molar-refractivity contribution in [3.8, 4) is 11.4 Å². The van der Waals surface area contributed by atoms with Crippen LogP contribution in [0.2, 0.25) is 0 Å². The fourth-order valence-corrected chi connectivity index (χ4v) is 1.90. The third kappa shape index (κ3) is 2.23. The molecule has 0 saturated carbocycles. The lowest BCUT2D eigenvalue weighted by molar-refractivity contribution is 0.969. The van der Waals surface area contributed by atoms with Crippen molar-refractivity contribution in [1.82, 2.24) is 19.9 Å². The third-order valence-corrected chi connectivity index (χ3v) is 2.89. The Morgan fingerprint density at radius 3 is 2.65 bits per heavy atom. The second-order valence-electron chi connectivity index (χ2n) is 4.63. The zero-order valence-corrected chi connectivity index (χ0v) is 11.3. The summed E-state index contributed by atoms with van der Waals surface area (Å²) < 4.78 is 0. The molecule has 2 N–H and O–H groups in total. The molecule has 0 aliphatic heterocycles. The third-order valence-electron chi connectivity index (χ3n) is 2.89. The van der Waals surface area contributed by atoms with Crippen LogP contribution in [0.5, 0.6) is 0 Å². The standard InChI is InChI=1S/C14H14N6/c1-20(2)14-18-12(17-13(15)19-14)10-7-9-5-3-4-6-11(9)16-8-10/h3-8H,1-2H3,(H2,15,17,18,19). The van der Waals surface area contributed by atoms with Crippen LogP contribution in [0.15, 0.2) is 36.5 Å². The highest BCUT2D eigenvalue weighted by Gasteiger charge is 2.09. The van der Waals surface area contributed by atoms with Gasteiger partial charge in [-0.1, -0.05) is 18.2 Å². The van der Waals surface area contributed by atoms with Gasteiger partial charge in [-0.2, -0.15) is 15.0 Å². The Morgan fingerprint density at radius 2 is 1.85 bits per heavy atom. The van der Waals surface area contributed by atoms with E-state index in [-0.39, 0.29) is 5.95 Å². The van der Waals surface area contributed by atoms with Crippen molar-refractivity contribution in [3.63, 3.8) is 0 Å². The number of nitrogens with two attached hydrogens (primary N) is 1. The van der Waals surface area contributed by atoms with Crippen LogP contribution >= 0.6 is 0 Å². The minimum absolute atomic E-state index is 0.201. The van der Waals surface area contributed by atoms with E-state index in [4.69, 9.17) is 5.73 Å². The summed E-state index contributed by atoms with van der Waals surface area (Å²) in [5.74, 6) is 1.26. The van der Waals surface area contributed by atoms with Gasteiger partial charge >= 0.3 is 0 Å². The zero-order valence-electron chi connectivity index (χ0n) is 11.3. The lowest BCUT2D eigenvalue weighted by Gasteiger charge is -2.11. The number of fused-ring (bicyclic) bond motifs is 1. The van der Waals surface area contributed by atoms with Crippen molar-refractivity contribution in [3.05, 3.63) is 36.5 Å². The molecule has 0 radical (unpaired) electrons. The fourth-order valence-electron chi connectivity index (χ4n) is 1.90. The van der Waals surface area contributed by atoms with Crippen LogP contribution in [-0.2, 0) is 0 Å². The molecule has 2 heterocycles. The molecule has 1 aromatic carbocycles. The van der Waals surface area contributed by atoms with Gasteiger partial charge in [0.05, 0.1) is 5.52 Å². The largest absolute Gasteiger partial charge is 0.368 e. The molecule has 2 aromatic heterocycles. The average molecular weight is 266 g/mol. The van der Waals surface area contributed by atoms with Crippen molar-refractivity contribution >= 4 is 22.8 Å². The highest BCUT2D eigenvalue weighted by atomic mass is 15.3. The molecule has 0 bridgehead atoms. The number of rotatable bonds is 2. The summed E-state index contributed by atoms with van der Waals surface area (Å²) in [6.45, 7) is 0. The lowest BCUT2D eigenvalue weighted by atomic mass is 10.1. The summed E-state index contributed by atoms with van der Waals surface area (Å²) in [5, 5.41) is 1.04. The van der Waals surface area contributed by atoms with Crippen LogP contribution in [0.4, 0.5) is 11.9 Å². The second-order valence-corrected chi connectivity index (χ2v) is 4.63. The van der Waals surface area contributed by atoms with E-state index in [2.05, 4.69) is 19.9 Å². The predicted octanol–water partition coefficient (Wildman–Crippen LogP) is 1.74. The van der Waals surface area contributed by atoms with Crippen molar-refractivity contribution < 1.29 is 0 Å². The van der Waals surface area contributed by atoms with Crippen molar-refractivity contribution in [1.29, 1.82) is 0 Å². The molecular formula is C14H14N6. The second kappa shape index (κ2) is 4.73. The van der Waals surface area contributed by atoms with Gasteiger partial charge in [0.25, 0.3) is 0 Å². The normalized spacial score (nSPS) is 10.7. The number of nitrogens with zero attached hydrogens (tertiary/aromatic N) is 5. The van der Waals surface area contributed by atoms with Gasteiger partial charge in [-0.3, -0.25) is 4.98 Å². The topological polar surface area (TPSA) is 80.8 Å². The zero-order chi connectivity index (χ0) is 14.1. The molecule has 0 amide bonds. The van der Waals surface area contributed by atoms with Gasteiger partial charge in [-0.15, -0.1) is 0 Å². The molecule has 0 atom stereocenters. The van der Waals surface area contributed by atoms with Gasteiger partial charge in [0, 0.05) is 31.2 Å². The van der Waals surface area contributed by atoms with Gasteiger partial charge in [-0.25, -0.2) is 0 Å². The van der Waals surface area contributed by atoms with Crippen LogP contribution in [0, 0.1) is 0 Å². The molecule has 6 heteroatoms. The van der Waals surface area contributed by atoms with Crippen LogP contribution in [-0.4, -0.2) is 34.0 Å². The molecule has 0 spiro atoms. The Hall–Kier alpha value is -2.76. The molecule has 0 saturated heterocycles. The van der Waals surface area contributed by atoms with Crippen LogP contribution in [0.1, 0.15) is 0 Å². The number of anilines is 2. The number of para-hydroxylation sites is 1. The van der Waals surface area contributed by atoms with Gasteiger partial charge in [0.1, 0.15) is 0 Å². The average Bonchev–Trinajstić information content (AvgIpc) is 2.46. The van der Waals surface area contributed by atoms with E-state index in [1.165, 1.54) is 0 Å². The van der Waals surface area contributed by atoms with Crippen molar-refractivity contribution in [2.75, 3.05) is 24.7 Å². The smallest absolute Gasteiger partial charge is 0.230 e. The molecule has 3 rings (SSSR count). The maximum atomic E-state index is 5.74. The number of hydrogen-bond donors (Lipinski definition) is 1. The first-order valence-electron chi connectivity index (χ1n) is 6.17. The van der Waals surface area contributed by atoms with Crippen molar-refractivity contribution in [2.45, 2.75) is 0 Å². The Balaban J connectivity index is 2.15. The molecule has 0 fully saturated rings. The molecule has 20 heavy (non-hydrogen) atoms. The maximum absolute atomic E-state index is 5.74. The minimum atomic E-state index is 0.201. The van der Waals surface area contributed by atoms with Crippen molar-refractivity contribution in [2.24, 2.45) is 0 Å². The predicted molar refractivity (Wildman–Crippen MR) is 79.3 cm³/mol. The van der Waals surface area contributed by atoms with E-state index < -0.39 is 0 Å². The number of hydrogen-bond acceptors (Lipinski definition) is 6.